The van der Waals surface area contributed by atoms with E-state index >= 15 is 0 Å². The van der Waals surface area contributed by atoms with Crippen LogP contribution in [-0.4, -0.2) is 42.2 Å². The number of aryl methyl sites for hydroxylation is 1. The molecular formula is C30H44N2O4. The van der Waals surface area contributed by atoms with Gasteiger partial charge in [0.2, 0.25) is 0 Å². The van der Waals surface area contributed by atoms with E-state index in [-0.39, 0.29) is 11.9 Å². The Balaban J connectivity index is 0.000000830. The van der Waals surface area contributed by atoms with Crippen molar-refractivity contribution in [2.75, 3.05) is 18.0 Å². The summed E-state index contributed by atoms with van der Waals surface area (Å²) in [5.41, 5.74) is 3.87. The van der Waals surface area contributed by atoms with Crippen molar-refractivity contribution in [2.24, 2.45) is 0 Å². The summed E-state index contributed by atoms with van der Waals surface area (Å²) in [7, 11) is 0. The lowest BCUT2D eigenvalue weighted by atomic mass is 10.0. The molecule has 0 saturated carbocycles. The molecule has 3 rings (SSSR count). The van der Waals surface area contributed by atoms with E-state index in [4.69, 9.17) is 9.84 Å². The summed E-state index contributed by atoms with van der Waals surface area (Å²) in [6.45, 7) is 11.9. The van der Waals surface area contributed by atoms with Gasteiger partial charge >= 0.3 is 5.97 Å². The Morgan fingerprint density at radius 2 is 1.64 bits per heavy atom. The molecule has 1 aliphatic rings. The highest BCUT2D eigenvalue weighted by atomic mass is 16.5. The molecule has 1 heterocycles. The average Bonchev–Trinajstić information content (AvgIpc) is 2.86. The molecule has 1 fully saturated rings. The number of carboxylic acids is 1. The van der Waals surface area contributed by atoms with Gasteiger partial charge in [-0.15, -0.1) is 0 Å². The van der Waals surface area contributed by atoms with Crippen LogP contribution in [-0.2, 0) is 11.2 Å². The first-order valence-corrected chi connectivity index (χ1v) is 13.4. The fraction of sp³-hybridized carbons (Fsp3) is 0.533. The van der Waals surface area contributed by atoms with Crippen molar-refractivity contribution in [3.05, 3.63) is 59.2 Å². The van der Waals surface area contributed by atoms with Gasteiger partial charge in [-0.25, -0.2) is 4.79 Å². The number of ether oxygens (including phenoxy) is 1. The van der Waals surface area contributed by atoms with Crippen molar-refractivity contribution in [2.45, 2.75) is 91.7 Å². The first-order valence-electron chi connectivity index (χ1n) is 13.4. The predicted molar refractivity (Wildman–Crippen MR) is 147 cm³/mol. The summed E-state index contributed by atoms with van der Waals surface area (Å²) in [5, 5.41) is 12.1. The number of nitrogens with zero attached hydrogens (tertiary/aromatic N) is 1. The lowest BCUT2D eigenvalue weighted by Crippen LogP contribution is -2.36. The average molecular weight is 497 g/mol. The summed E-state index contributed by atoms with van der Waals surface area (Å²) in [4.78, 5) is 26.3. The smallest absolute Gasteiger partial charge is 0.344 e. The molecule has 1 saturated heterocycles. The minimum Gasteiger partial charge on any atom is -0.479 e. The number of aliphatic carboxylic acids is 1. The number of unbranched alkanes of at least 4 members (excludes halogenated alkanes) is 2. The van der Waals surface area contributed by atoms with Crippen molar-refractivity contribution in [1.82, 2.24) is 5.32 Å². The van der Waals surface area contributed by atoms with Crippen LogP contribution in [0.3, 0.4) is 0 Å². The highest BCUT2D eigenvalue weighted by Crippen LogP contribution is 2.25. The molecule has 2 N–H and O–H groups in total. The number of hydrogen-bond acceptors (Lipinski definition) is 4. The van der Waals surface area contributed by atoms with E-state index in [9.17, 15) is 9.59 Å². The number of benzene rings is 2. The molecule has 0 bridgehead atoms. The second-order valence-electron chi connectivity index (χ2n) is 9.74. The van der Waals surface area contributed by atoms with Crippen molar-refractivity contribution in [1.29, 1.82) is 0 Å². The zero-order valence-electron chi connectivity index (χ0n) is 22.7. The first kappa shape index (κ1) is 29.2. The number of carbonyl (C=O) groups is 2. The van der Waals surface area contributed by atoms with Gasteiger partial charge < -0.3 is 20.1 Å². The van der Waals surface area contributed by atoms with E-state index in [2.05, 4.69) is 36.2 Å². The lowest BCUT2D eigenvalue weighted by Gasteiger charge is -2.30. The molecule has 1 aliphatic heterocycles. The van der Waals surface area contributed by atoms with Gasteiger partial charge in [0.1, 0.15) is 5.75 Å². The van der Waals surface area contributed by atoms with E-state index < -0.39 is 12.1 Å². The van der Waals surface area contributed by atoms with Gasteiger partial charge in [-0.2, -0.15) is 0 Å². The molecule has 2 atom stereocenters. The maximum Gasteiger partial charge on any atom is 0.344 e. The van der Waals surface area contributed by atoms with E-state index in [0.29, 0.717) is 12.2 Å². The zero-order chi connectivity index (χ0) is 26.5. The lowest BCUT2D eigenvalue weighted by molar-refractivity contribution is -0.144. The highest BCUT2D eigenvalue weighted by Gasteiger charge is 2.20. The maximum atomic E-state index is 13.1. The van der Waals surface area contributed by atoms with Crippen LogP contribution in [0.2, 0.25) is 0 Å². The normalized spacial score (nSPS) is 14.8. The molecule has 6 heteroatoms. The second kappa shape index (κ2) is 15.2. The van der Waals surface area contributed by atoms with E-state index in [1.165, 1.54) is 32.6 Å². The monoisotopic (exact) mass is 496 g/mol. The molecule has 0 aromatic heterocycles. The minimum absolute atomic E-state index is 0.0491. The number of carbonyl (C=O) groups excluding carboxylic acids is 1. The van der Waals surface area contributed by atoms with Crippen LogP contribution < -0.4 is 15.0 Å². The van der Waals surface area contributed by atoms with Crippen LogP contribution in [0, 0.1) is 6.92 Å². The molecule has 36 heavy (non-hydrogen) atoms. The standard InChI is InChI=1S/C25H32N2O4.C5H12/c1-17-7-12-23(27-13-5-4-6-14-27)22(15-17)24(28)26-18(2)16-20-8-10-21(11-9-20)31-19(3)25(29)30;1-3-5-4-2/h7-12,15,18-19H,4-6,13-14,16H2,1-3H3,(H,26,28)(H,29,30);3-5H2,1-2H3. The maximum absolute atomic E-state index is 13.1. The van der Waals surface area contributed by atoms with E-state index in [0.717, 1.165) is 48.3 Å². The van der Waals surface area contributed by atoms with Gasteiger partial charge in [0.25, 0.3) is 5.91 Å². The Morgan fingerprint density at radius 3 is 2.19 bits per heavy atom. The molecule has 6 nitrogen and oxygen atoms in total. The molecular weight excluding hydrogens is 452 g/mol. The molecule has 2 unspecified atom stereocenters. The summed E-state index contributed by atoms with van der Waals surface area (Å²) in [5.74, 6) is -0.534. The van der Waals surface area contributed by atoms with Gasteiger partial charge in [0.05, 0.1) is 5.56 Å². The number of rotatable bonds is 10. The van der Waals surface area contributed by atoms with Crippen molar-refractivity contribution < 1.29 is 19.4 Å². The van der Waals surface area contributed by atoms with Gasteiger partial charge in [-0.1, -0.05) is 56.9 Å². The third-order valence-electron chi connectivity index (χ3n) is 6.30. The van der Waals surface area contributed by atoms with Crippen LogP contribution in [0.5, 0.6) is 5.75 Å². The number of hydrogen-bond donors (Lipinski definition) is 2. The molecule has 0 radical (unpaired) electrons. The van der Waals surface area contributed by atoms with Crippen LogP contribution >= 0.6 is 0 Å². The van der Waals surface area contributed by atoms with E-state index in [1.54, 1.807) is 12.1 Å². The van der Waals surface area contributed by atoms with Gasteiger partial charge in [-0.3, -0.25) is 4.79 Å². The Hall–Kier alpha value is -3.02. The third kappa shape index (κ3) is 9.56. The summed E-state index contributed by atoms with van der Waals surface area (Å²) in [6.07, 6.45) is 7.43. The van der Waals surface area contributed by atoms with Crippen LogP contribution in [0.4, 0.5) is 5.69 Å². The molecule has 2 aromatic rings. The Kier molecular flexibility index (Phi) is 12.3. The fourth-order valence-electron chi connectivity index (χ4n) is 4.26. The van der Waals surface area contributed by atoms with Gasteiger partial charge in [0, 0.05) is 24.8 Å². The minimum atomic E-state index is -1.000. The fourth-order valence-corrected chi connectivity index (χ4v) is 4.26. The number of anilines is 1. The predicted octanol–water partition coefficient (Wildman–Crippen LogP) is 6.39. The second-order valence-corrected chi connectivity index (χ2v) is 9.74. The quantitative estimate of drug-likeness (QED) is 0.398. The van der Waals surface area contributed by atoms with Gasteiger partial charge in [-0.05, 0) is 76.3 Å². The number of nitrogens with one attached hydrogen (secondary N) is 1. The summed E-state index contributed by atoms with van der Waals surface area (Å²) in [6, 6.07) is 13.4. The van der Waals surface area contributed by atoms with Crippen LogP contribution in [0.15, 0.2) is 42.5 Å². The van der Waals surface area contributed by atoms with E-state index in [1.807, 2.05) is 32.0 Å². The Morgan fingerprint density at radius 1 is 1.00 bits per heavy atom. The largest absolute Gasteiger partial charge is 0.479 e. The number of carboxylic acid groups (broad SMARTS) is 1. The topological polar surface area (TPSA) is 78.9 Å². The molecule has 198 valence electrons. The zero-order valence-corrected chi connectivity index (χ0v) is 22.7. The molecule has 0 aliphatic carbocycles. The summed E-state index contributed by atoms with van der Waals surface area (Å²) >= 11 is 0. The molecule has 1 amide bonds. The number of piperidine rings is 1. The molecule has 2 aromatic carbocycles. The highest BCUT2D eigenvalue weighted by molar-refractivity contribution is 6.00. The Bertz CT molecular complexity index is 950. The van der Waals surface area contributed by atoms with Crippen molar-refractivity contribution in [3.63, 3.8) is 0 Å². The van der Waals surface area contributed by atoms with Gasteiger partial charge in [0.15, 0.2) is 6.10 Å². The Labute approximate surface area is 217 Å². The molecule has 0 spiro atoms. The number of amides is 1. The SMILES string of the molecule is CCCCC.Cc1ccc(N2CCCCC2)c(C(=O)NC(C)Cc2ccc(OC(C)C(=O)O)cc2)c1. The first-order chi connectivity index (χ1) is 17.2. The van der Waals surface area contributed by atoms with Crippen LogP contribution in [0.25, 0.3) is 0 Å². The van der Waals surface area contributed by atoms with Crippen molar-refractivity contribution in [3.8, 4) is 5.75 Å². The summed E-state index contributed by atoms with van der Waals surface area (Å²) < 4.78 is 5.37. The van der Waals surface area contributed by atoms with Crippen LogP contribution in [0.1, 0.15) is 87.7 Å². The third-order valence-corrected chi connectivity index (χ3v) is 6.30. The van der Waals surface area contributed by atoms with Crippen molar-refractivity contribution >= 4 is 17.6 Å².